The largest absolute Gasteiger partial charge is 0.324 e. The maximum Gasteiger partial charge on any atom is 0.238 e. The number of carbonyl (C=O) groups excluding carboxylic acids is 1. The highest BCUT2D eigenvalue weighted by Crippen LogP contribution is 2.19. The second kappa shape index (κ2) is 10.5. The molecule has 1 amide bonds. The molecule has 1 aliphatic rings. The number of aryl methyl sites for hydroxylation is 3. The first-order valence-corrected chi connectivity index (χ1v) is 10.6. The molecule has 2 aromatic rings. The van der Waals surface area contributed by atoms with E-state index in [4.69, 9.17) is 0 Å². The van der Waals surface area contributed by atoms with Gasteiger partial charge in [0.05, 0.1) is 6.54 Å². The minimum Gasteiger partial charge on any atom is -0.324 e. The first-order valence-electron chi connectivity index (χ1n) is 10.6. The van der Waals surface area contributed by atoms with Crippen LogP contribution in [0.2, 0.25) is 0 Å². The maximum atomic E-state index is 13.7. The van der Waals surface area contributed by atoms with E-state index in [0.29, 0.717) is 6.54 Å². The average molecular weight is 398 g/mol. The van der Waals surface area contributed by atoms with Crippen molar-refractivity contribution >= 4 is 11.6 Å². The minimum atomic E-state index is -0.0970. The zero-order chi connectivity index (χ0) is 20.6. The van der Waals surface area contributed by atoms with Gasteiger partial charge in [-0.15, -0.1) is 0 Å². The summed E-state index contributed by atoms with van der Waals surface area (Å²) in [6.45, 7) is 9.31. The van der Waals surface area contributed by atoms with Crippen molar-refractivity contribution in [2.24, 2.45) is 0 Å². The molecule has 5 heteroatoms. The van der Waals surface area contributed by atoms with Crippen molar-refractivity contribution in [2.75, 3.05) is 44.6 Å². The van der Waals surface area contributed by atoms with Crippen molar-refractivity contribution < 1.29 is 9.18 Å². The van der Waals surface area contributed by atoms with E-state index in [-0.39, 0.29) is 11.7 Å². The van der Waals surface area contributed by atoms with Crippen LogP contribution in [0.4, 0.5) is 10.1 Å². The lowest BCUT2D eigenvalue weighted by Crippen LogP contribution is -2.48. The number of rotatable bonds is 8. The van der Waals surface area contributed by atoms with Gasteiger partial charge in [0.1, 0.15) is 5.82 Å². The lowest BCUT2D eigenvalue weighted by molar-refractivity contribution is -0.117. The molecule has 0 radical (unpaired) electrons. The van der Waals surface area contributed by atoms with Crippen LogP contribution < -0.4 is 5.32 Å². The number of amides is 1. The summed E-state index contributed by atoms with van der Waals surface area (Å²) in [5.41, 5.74) is 3.94. The summed E-state index contributed by atoms with van der Waals surface area (Å²) in [5, 5.41) is 3.07. The summed E-state index contributed by atoms with van der Waals surface area (Å²) in [6, 6.07) is 13.1. The van der Waals surface area contributed by atoms with Gasteiger partial charge in [-0.05, 0) is 62.4 Å². The number of nitrogens with zero attached hydrogens (tertiary/aromatic N) is 2. The molecule has 156 valence electrons. The van der Waals surface area contributed by atoms with E-state index in [0.717, 1.165) is 74.4 Å². The Morgan fingerprint density at radius 1 is 0.931 bits per heavy atom. The van der Waals surface area contributed by atoms with Crippen LogP contribution in [0.25, 0.3) is 0 Å². The van der Waals surface area contributed by atoms with E-state index in [1.807, 2.05) is 44.2 Å². The summed E-state index contributed by atoms with van der Waals surface area (Å²) in [7, 11) is 0. The fourth-order valence-corrected chi connectivity index (χ4v) is 3.92. The Kier molecular flexibility index (Phi) is 7.78. The van der Waals surface area contributed by atoms with Crippen LogP contribution in [-0.2, 0) is 11.2 Å². The fraction of sp³-hybridized carbons (Fsp3) is 0.458. The highest BCUT2D eigenvalue weighted by atomic mass is 19.1. The SMILES string of the molecule is Cc1cccc(C)c1NC(=O)CN1CCN(CCCCc2ccccc2F)CC1. The Hall–Kier alpha value is -2.24. The van der Waals surface area contributed by atoms with Gasteiger partial charge in [0.2, 0.25) is 5.91 Å². The molecule has 1 saturated heterocycles. The molecule has 0 bridgehead atoms. The van der Waals surface area contributed by atoms with Crippen LogP contribution in [0.15, 0.2) is 42.5 Å². The molecule has 0 aliphatic carbocycles. The predicted octanol–water partition coefficient (Wildman–Crippen LogP) is 4.02. The summed E-state index contributed by atoms with van der Waals surface area (Å²) in [6.07, 6.45) is 2.87. The molecular formula is C24H32FN3O. The highest BCUT2D eigenvalue weighted by Gasteiger charge is 2.19. The van der Waals surface area contributed by atoms with Gasteiger partial charge < -0.3 is 10.2 Å². The second-order valence-corrected chi connectivity index (χ2v) is 7.98. The molecule has 1 N–H and O–H groups in total. The highest BCUT2D eigenvalue weighted by molar-refractivity contribution is 5.93. The average Bonchev–Trinajstić information content (AvgIpc) is 2.71. The molecule has 0 unspecified atom stereocenters. The van der Waals surface area contributed by atoms with E-state index >= 15 is 0 Å². The van der Waals surface area contributed by atoms with Crippen molar-refractivity contribution in [3.63, 3.8) is 0 Å². The standard InChI is InChI=1S/C24H32FN3O/c1-19-8-7-9-20(2)24(19)26-23(29)18-28-16-14-27(15-17-28)13-6-5-11-21-10-3-4-12-22(21)25/h3-4,7-10,12H,5-6,11,13-18H2,1-2H3,(H,26,29). The van der Waals surface area contributed by atoms with Crippen LogP contribution in [0.3, 0.4) is 0 Å². The van der Waals surface area contributed by atoms with Crippen molar-refractivity contribution in [1.29, 1.82) is 0 Å². The Balaban J connectivity index is 1.34. The topological polar surface area (TPSA) is 35.6 Å². The summed E-state index contributed by atoms with van der Waals surface area (Å²) < 4.78 is 13.7. The van der Waals surface area contributed by atoms with Crippen LogP contribution in [0.1, 0.15) is 29.5 Å². The molecule has 29 heavy (non-hydrogen) atoms. The molecular weight excluding hydrogens is 365 g/mol. The van der Waals surface area contributed by atoms with E-state index in [9.17, 15) is 9.18 Å². The monoisotopic (exact) mass is 397 g/mol. The van der Waals surface area contributed by atoms with E-state index in [2.05, 4.69) is 15.1 Å². The van der Waals surface area contributed by atoms with Crippen LogP contribution in [0.5, 0.6) is 0 Å². The molecule has 1 heterocycles. The number of nitrogens with one attached hydrogen (secondary N) is 1. The predicted molar refractivity (Wildman–Crippen MR) is 117 cm³/mol. The Morgan fingerprint density at radius 2 is 1.59 bits per heavy atom. The number of unbranched alkanes of at least 4 members (excludes halogenated alkanes) is 1. The summed E-state index contributed by atoms with van der Waals surface area (Å²) in [5.74, 6) is -0.0407. The van der Waals surface area contributed by atoms with Crippen LogP contribution in [-0.4, -0.2) is 55.0 Å². The molecule has 1 fully saturated rings. The summed E-state index contributed by atoms with van der Waals surface area (Å²) >= 11 is 0. The van der Waals surface area contributed by atoms with Crippen molar-refractivity contribution in [2.45, 2.75) is 33.1 Å². The van der Waals surface area contributed by atoms with Gasteiger partial charge in [-0.1, -0.05) is 36.4 Å². The molecule has 1 aliphatic heterocycles. The first kappa shape index (κ1) is 21.5. The van der Waals surface area contributed by atoms with Crippen LogP contribution >= 0.6 is 0 Å². The van der Waals surface area contributed by atoms with Gasteiger partial charge in [0.15, 0.2) is 0 Å². The molecule has 0 aromatic heterocycles. The zero-order valence-electron chi connectivity index (χ0n) is 17.6. The Labute approximate surface area is 173 Å². The second-order valence-electron chi connectivity index (χ2n) is 7.98. The fourth-order valence-electron chi connectivity index (χ4n) is 3.92. The lowest BCUT2D eigenvalue weighted by atomic mass is 10.1. The van der Waals surface area contributed by atoms with Gasteiger partial charge in [0, 0.05) is 31.9 Å². The third-order valence-electron chi connectivity index (χ3n) is 5.71. The Bertz CT molecular complexity index is 795. The van der Waals surface area contributed by atoms with Crippen molar-refractivity contribution in [1.82, 2.24) is 9.80 Å². The van der Waals surface area contributed by atoms with E-state index in [1.165, 1.54) is 6.07 Å². The molecule has 0 atom stereocenters. The first-order chi connectivity index (χ1) is 14.0. The third-order valence-corrected chi connectivity index (χ3v) is 5.71. The van der Waals surface area contributed by atoms with Crippen molar-refractivity contribution in [3.8, 4) is 0 Å². The normalized spacial score (nSPS) is 15.4. The minimum absolute atomic E-state index is 0.0562. The van der Waals surface area contributed by atoms with Gasteiger partial charge in [-0.3, -0.25) is 9.69 Å². The number of hydrogen-bond acceptors (Lipinski definition) is 3. The van der Waals surface area contributed by atoms with Gasteiger partial charge >= 0.3 is 0 Å². The molecule has 0 spiro atoms. The number of benzene rings is 2. The van der Waals surface area contributed by atoms with Gasteiger partial charge in [-0.25, -0.2) is 4.39 Å². The third kappa shape index (κ3) is 6.38. The van der Waals surface area contributed by atoms with E-state index < -0.39 is 0 Å². The molecule has 4 nitrogen and oxygen atoms in total. The van der Waals surface area contributed by atoms with E-state index in [1.54, 1.807) is 6.07 Å². The molecule has 0 saturated carbocycles. The number of hydrogen-bond donors (Lipinski definition) is 1. The number of anilines is 1. The summed E-state index contributed by atoms with van der Waals surface area (Å²) in [4.78, 5) is 17.1. The number of piperazine rings is 1. The smallest absolute Gasteiger partial charge is 0.238 e. The number of carbonyl (C=O) groups is 1. The zero-order valence-corrected chi connectivity index (χ0v) is 17.6. The number of halogens is 1. The van der Waals surface area contributed by atoms with Crippen molar-refractivity contribution in [3.05, 3.63) is 65.0 Å². The quantitative estimate of drug-likeness (QED) is 0.684. The van der Waals surface area contributed by atoms with Crippen LogP contribution in [0, 0.1) is 19.7 Å². The Morgan fingerprint density at radius 3 is 2.28 bits per heavy atom. The van der Waals surface area contributed by atoms with Gasteiger partial charge in [-0.2, -0.15) is 0 Å². The maximum absolute atomic E-state index is 13.7. The van der Waals surface area contributed by atoms with Gasteiger partial charge in [0.25, 0.3) is 0 Å². The molecule has 2 aromatic carbocycles. The lowest BCUT2D eigenvalue weighted by Gasteiger charge is -2.34. The molecule has 3 rings (SSSR count). The number of para-hydroxylation sites is 1.